The molecule has 1 N–H and O–H groups in total. The third-order valence-corrected chi connectivity index (χ3v) is 4.41. The van der Waals surface area contributed by atoms with E-state index < -0.39 is 0 Å². The van der Waals surface area contributed by atoms with Crippen LogP contribution in [0.25, 0.3) is 0 Å². The molecule has 2 aliphatic rings. The average Bonchev–Trinajstić information content (AvgIpc) is 3.14. The second kappa shape index (κ2) is 7.31. The molecule has 2 aliphatic heterocycles. The summed E-state index contributed by atoms with van der Waals surface area (Å²) in [7, 11) is 1.71. The summed E-state index contributed by atoms with van der Waals surface area (Å²) in [5, 5.41) is 9.48. The molecule has 0 aliphatic carbocycles. The predicted octanol–water partition coefficient (Wildman–Crippen LogP) is 1.26. The fourth-order valence-electron chi connectivity index (χ4n) is 3.12. The summed E-state index contributed by atoms with van der Waals surface area (Å²) in [6.07, 6.45) is 2.51. The molecule has 0 radical (unpaired) electrons. The number of hydrogen-bond acceptors (Lipinski definition) is 5. The Balaban J connectivity index is 1.43. The number of rotatable bonds is 7. The molecule has 1 fully saturated rings. The maximum atomic E-state index is 9.48. The second-order valence-corrected chi connectivity index (χ2v) is 5.98. The minimum Gasteiger partial charge on any atom is -0.496 e. The quantitative estimate of drug-likeness (QED) is 0.769. The summed E-state index contributed by atoms with van der Waals surface area (Å²) in [5.74, 6) is 1.91. The van der Waals surface area contributed by atoms with Gasteiger partial charge in [-0.1, -0.05) is 0 Å². The van der Waals surface area contributed by atoms with Gasteiger partial charge in [-0.15, -0.1) is 0 Å². The average molecular weight is 307 g/mol. The van der Waals surface area contributed by atoms with Crippen LogP contribution in [-0.2, 0) is 17.6 Å². The highest BCUT2D eigenvalue weighted by Crippen LogP contribution is 2.32. The SMILES string of the molecule is COc1cc2c(cc1CCOCCN1CCC(O)C1)OCC2. The van der Waals surface area contributed by atoms with Crippen molar-refractivity contribution in [1.29, 1.82) is 0 Å². The molecule has 1 saturated heterocycles. The van der Waals surface area contributed by atoms with Crippen molar-refractivity contribution in [2.75, 3.05) is 46.6 Å². The van der Waals surface area contributed by atoms with Crippen LogP contribution in [0.4, 0.5) is 0 Å². The van der Waals surface area contributed by atoms with Crippen LogP contribution in [0.1, 0.15) is 17.5 Å². The Hall–Kier alpha value is -1.30. The van der Waals surface area contributed by atoms with Gasteiger partial charge in [-0.25, -0.2) is 0 Å². The van der Waals surface area contributed by atoms with Gasteiger partial charge in [-0.05, 0) is 25.0 Å². The zero-order chi connectivity index (χ0) is 15.4. The van der Waals surface area contributed by atoms with Crippen molar-refractivity contribution in [2.45, 2.75) is 25.4 Å². The Labute approximate surface area is 131 Å². The van der Waals surface area contributed by atoms with Gasteiger partial charge in [-0.3, -0.25) is 4.90 Å². The Morgan fingerprint density at radius 1 is 1.36 bits per heavy atom. The van der Waals surface area contributed by atoms with Crippen molar-refractivity contribution in [1.82, 2.24) is 4.90 Å². The molecule has 3 rings (SSSR count). The monoisotopic (exact) mass is 307 g/mol. The first kappa shape index (κ1) is 15.6. The highest BCUT2D eigenvalue weighted by Gasteiger charge is 2.19. The Morgan fingerprint density at radius 3 is 3.05 bits per heavy atom. The van der Waals surface area contributed by atoms with Gasteiger partial charge in [0.1, 0.15) is 11.5 Å². The van der Waals surface area contributed by atoms with Gasteiger partial charge < -0.3 is 19.3 Å². The first-order valence-corrected chi connectivity index (χ1v) is 8.07. The third-order valence-electron chi connectivity index (χ3n) is 4.41. The Kier molecular flexibility index (Phi) is 5.18. The molecule has 2 heterocycles. The molecular formula is C17H25NO4. The van der Waals surface area contributed by atoms with E-state index in [0.717, 1.165) is 62.6 Å². The van der Waals surface area contributed by atoms with E-state index in [1.165, 1.54) is 5.56 Å². The Morgan fingerprint density at radius 2 is 2.27 bits per heavy atom. The molecule has 22 heavy (non-hydrogen) atoms. The number of nitrogens with zero attached hydrogens (tertiary/aromatic N) is 1. The number of fused-ring (bicyclic) bond motifs is 1. The summed E-state index contributed by atoms with van der Waals surface area (Å²) in [4.78, 5) is 2.24. The van der Waals surface area contributed by atoms with Crippen LogP contribution in [-0.4, -0.2) is 62.7 Å². The maximum absolute atomic E-state index is 9.48. The van der Waals surface area contributed by atoms with Crippen LogP contribution in [0.15, 0.2) is 12.1 Å². The molecule has 0 amide bonds. The first-order chi connectivity index (χ1) is 10.8. The molecule has 0 spiro atoms. The molecule has 1 aromatic rings. The van der Waals surface area contributed by atoms with Crippen LogP contribution in [0, 0.1) is 0 Å². The number of ether oxygens (including phenoxy) is 3. The van der Waals surface area contributed by atoms with Crippen molar-refractivity contribution in [3.63, 3.8) is 0 Å². The van der Waals surface area contributed by atoms with Crippen LogP contribution >= 0.6 is 0 Å². The first-order valence-electron chi connectivity index (χ1n) is 8.07. The standard InChI is InChI=1S/C17H25NO4/c1-20-16-10-14-4-8-22-17(14)11-13(16)3-7-21-9-6-18-5-2-15(19)12-18/h10-11,15,19H,2-9,12H2,1H3. The normalized spacial score (nSPS) is 20.9. The van der Waals surface area contributed by atoms with Gasteiger partial charge in [-0.2, -0.15) is 0 Å². The third kappa shape index (κ3) is 3.72. The number of methoxy groups -OCH3 is 1. The van der Waals surface area contributed by atoms with Crippen LogP contribution in [0.3, 0.4) is 0 Å². The van der Waals surface area contributed by atoms with Gasteiger partial charge in [0, 0.05) is 37.2 Å². The summed E-state index contributed by atoms with van der Waals surface area (Å²) < 4.78 is 16.8. The van der Waals surface area contributed by atoms with E-state index >= 15 is 0 Å². The lowest BCUT2D eigenvalue weighted by molar-refractivity contribution is 0.106. The van der Waals surface area contributed by atoms with Gasteiger partial charge in [0.2, 0.25) is 0 Å². The highest BCUT2D eigenvalue weighted by atomic mass is 16.5. The summed E-state index contributed by atoms with van der Waals surface area (Å²) in [6, 6.07) is 4.17. The minimum atomic E-state index is -0.157. The van der Waals surface area contributed by atoms with E-state index in [0.29, 0.717) is 13.2 Å². The molecule has 1 aromatic carbocycles. The predicted molar refractivity (Wildman–Crippen MR) is 83.8 cm³/mol. The molecule has 1 unspecified atom stereocenters. The van der Waals surface area contributed by atoms with Crippen molar-refractivity contribution < 1.29 is 19.3 Å². The number of likely N-dealkylation sites (tertiary alicyclic amines) is 1. The Bertz CT molecular complexity index is 506. The number of benzene rings is 1. The largest absolute Gasteiger partial charge is 0.496 e. The molecule has 122 valence electrons. The topological polar surface area (TPSA) is 51.2 Å². The lowest BCUT2D eigenvalue weighted by Crippen LogP contribution is -2.26. The minimum absolute atomic E-state index is 0.157. The number of hydrogen-bond donors (Lipinski definition) is 1. The van der Waals surface area contributed by atoms with Gasteiger partial charge in [0.15, 0.2) is 0 Å². The number of β-amino-alcohol motifs (C(OH)–C–C–N with tert-alkyl or cyclic N) is 1. The highest BCUT2D eigenvalue weighted by molar-refractivity contribution is 5.48. The van der Waals surface area contributed by atoms with Gasteiger partial charge in [0.05, 0.1) is 33.0 Å². The summed E-state index contributed by atoms with van der Waals surface area (Å²) in [5.41, 5.74) is 2.37. The molecule has 1 atom stereocenters. The zero-order valence-electron chi connectivity index (χ0n) is 13.2. The number of aliphatic hydroxyl groups excluding tert-OH is 1. The van der Waals surface area contributed by atoms with Gasteiger partial charge in [0.25, 0.3) is 0 Å². The molecule has 0 bridgehead atoms. The maximum Gasteiger partial charge on any atom is 0.123 e. The lowest BCUT2D eigenvalue weighted by atomic mass is 10.1. The number of aliphatic hydroxyl groups is 1. The molecule has 5 nitrogen and oxygen atoms in total. The van der Waals surface area contributed by atoms with Crippen molar-refractivity contribution in [2.24, 2.45) is 0 Å². The van der Waals surface area contributed by atoms with Gasteiger partial charge >= 0.3 is 0 Å². The smallest absolute Gasteiger partial charge is 0.123 e. The zero-order valence-corrected chi connectivity index (χ0v) is 13.2. The molecule has 0 aromatic heterocycles. The lowest BCUT2D eigenvalue weighted by Gasteiger charge is -2.15. The molecule has 5 heteroatoms. The molecule has 0 saturated carbocycles. The second-order valence-electron chi connectivity index (χ2n) is 5.98. The van der Waals surface area contributed by atoms with Crippen molar-refractivity contribution in [3.05, 3.63) is 23.3 Å². The van der Waals surface area contributed by atoms with Crippen molar-refractivity contribution >= 4 is 0 Å². The van der Waals surface area contributed by atoms with E-state index in [4.69, 9.17) is 14.2 Å². The van der Waals surface area contributed by atoms with E-state index in [9.17, 15) is 5.11 Å². The van der Waals surface area contributed by atoms with E-state index in [-0.39, 0.29) is 6.10 Å². The van der Waals surface area contributed by atoms with E-state index in [2.05, 4.69) is 17.0 Å². The molecular weight excluding hydrogens is 282 g/mol. The van der Waals surface area contributed by atoms with E-state index in [1.54, 1.807) is 7.11 Å². The van der Waals surface area contributed by atoms with Crippen LogP contribution in [0.2, 0.25) is 0 Å². The van der Waals surface area contributed by atoms with Crippen LogP contribution < -0.4 is 9.47 Å². The fraction of sp³-hybridized carbons (Fsp3) is 0.647. The van der Waals surface area contributed by atoms with Crippen LogP contribution in [0.5, 0.6) is 11.5 Å². The van der Waals surface area contributed by atoms with Crippen molar-refractivity contribution in [3.8, 4) is 11.5 Å². The summed E-state index contributed by atoms with van der Waals surface area (Å²) in [6.45, 7) is 4.78. The summed E-state index contributed by atoms with van der Waals surface area (Å²) >= 11 is 0. The fourth-order valence-corrected chi connectivity index (χ4v) is 3.12. The van der Waals surface area contributed by atoms with E-state index in [1.807, 2.05) is 0 Å².